The molecule has 0 aliphatic carbocycles. The molecule has 5 heteroatoms. The van der Waals surface area contributed by atoms with Crippen molar-refractivity contribution in [3.63, 3.8) is 0 Å². The van der Waals surface area contributed by atoms with Gasteiger partial charge in [-0.2, -0.15) is 0 Å². The van der Waals surface area contributed by atoms with Gasteiger partial charge in [-0.1, -0.05) is 12.1 Å². The molecule has 1 aromatic carbocycles. The molecule has 0 bridgehead atoms. The van der Waals surface area contributed by atoms with E-state index in [0.29, 0.717) is 0 Å². The van der Waals surface area contributed by atoms with Crippen molar-refractivity contribution in [3.05, 3.63) is 29.8 Å². The SMILES string of the molecule is Cl.O=C(O)Cc1ccc(OC2CCOCC2)cc1. The smallest absolute Gasteiger partial charge is 0.307 e. The lowest BCUT2D eigenvalue weighted by atomic mass is 10.1. The molecule has 0 atom stereocenters. The molecule has 1 aromatic rings. The van der Waals surface area contributed by atoms with E-state index in [-0.39, 0.29) is 24.9 Å². The Labute approximate surface area is 112 Å². The highest BCUT2D eigenvalue weighted by Gasteiger charge is 2.15. The Hall–Kier alpha value is -1.26. The molecule has 1 aliphatic rings. The van der Waals surface area contributed by atoms with Gasteiger partial charge in [-0.25, -0.2) is 0 Å². The summed E-state index contributed by atoms with van der Waals surface area (Å²) in [5.74, 6) is -0.0193. The van der Waals surface area contributed by atoms with Gasteiger partial charge in [-0.05, 0) is 17.7 Å². The van der Waals surface area contributed by atoms with Crippen LogP contribution in [-0.4, -0.2) is 30.4 Å². The van der Waals surface area contributed by atoms with E-state index in [1.165, 1.54) is 0 Å². The van der Waals surface area contributed by atoms with Crippen molar-refractivity contribution in [2.45, 2.75) is 25.4 Å². The number of carbonyl (C=O) groups is 1. The van der Waals surface area contributed by atoms with Crippen LogP contribution in [0.5, 0.6) is 5.75 Å². The van der Waals surface area contributed by atoms with Crippen LogP contribution in [0.4, 0.5) is 0 Å². The molecular formula is C13H17ClO4. The van der Waals surface area contributed by atoms with E-state index in [1.54, 1.807) is 12.1 Å². The van der Waals surface area contributed by atoms with Crippen LogP contribution in [-0.2, 0) is 16.0 Å². The number of carboxylic acid groups (broad SMARTS) is 1. The average molecular weight is 273 g/mol. The lowest BCUT2D eigenvalue weighted by Gasteiger charge is -2.23. The van der Waals surface area contributed by atoms with Gasteiger partial charge in [-0.15, -0.1) is 12.4 Å². The van der Waals surface area contributed by atoms with Gasteiger partial charge in [0.1, 0.15) is 11.9 Å². The Balaban J connectivity index is 0.00000162. The number of ether oxygens (including phenoxy) is 2. The first kappa shape index (κ1) is 14.8. The van der Waals surface area contributed by atoms with E-state index < -0.39 is 5.97 Å². The highest BCUT2D eigenvalue weighted by molar-refractivity contribution is 5.85. The van der Waals surface area contributed by atoms with Crippen LogP contribution in [0, 0.1) is 0 Å². The number of hydrogen-bond acceptors (Lipinski definition) is 3. The quantitative estimate of drug-likeness (QED) is 0.914. The van der Waals surface area contributed by atoms with Crippen molar-refractivity contribution in [1.82, 2.24) is 0 Å². The molecule has 18 heavy (non-hydrogen) atoms. The Bertz CT molecular complexity index is 371. The minimum absolute atomic E-state index is 0. The predicted octanol–water partition coefficient (Wildman–Crippen LogP) is 2.29. The fourth-order valence-electron chi connectivity index (χ4n) is 1.85. The summed E-state index contributed by atoms with van der Waals surface area (Å²) in [6.45, 7) is 1.50. The Morgan fingerprint density at radius 2 is 1.89 bits per heavy atom. The molecule has 1 aliphatic heterocycles. The molecular weight excluding hydrogens is 256 g/mol. The molecule has 1 fully saturated rings. The third-order valence-corrected chi connectivity index (χ3v) is 2.75. The number of aliphatic carboxylic acids is 1. The van der Waals surface area contributed by atoms with Gasteiger partial charge < -0.3 is 14.6 Å². The van der Waals surface area contributed by atoms with Crippen molar-refractivity contribution in [2.24, 2.45) is 0 Å². The normalized spacial score (nSPS) is 15.8. The van der Waals surface area contributed by atoms with Gasteiger partial charge in [0.15, 0.2) is 0 Å². The van der Waals surface area contributed by atoms with Crippen molar-refractivity contribution in [1.29, 1.82) is 0 Å². The third-order valence-electron chi connectivity index (χ3n) is 2.75. The summed E-state index contributed by atoms with van der Waals surface area (Å²) < 4.78 is 11.0. The molecule has 0 unspecified atom stereocenters. The Morgan fingerprint density at radius 1 is 1.28 bits per heavy atom. The standard InChI is InChI=1S/C13H16O4.ClH/c14-13(15)9-10-1-3-11(4-2-10)17-12-5-7-16-8-6-12;/h1-4,12H,5-9H2,(H,14,15);1H. The summed E-state index contributed by atoms with van der Waals surface area (Å²) in [5, 5.41) is 8.65. The van der Waals surface area contributed by atoms with Crippen molar-refractivity contribution in [2.75, 3.05) is 13.2 Å². The molecule has 4 nitrogen and oxygen atoms in total. The Morgan fingerprint density at radius 3 is 2.44 bits per heavy atom. The third kappa shape index (κ3) is 4.55. The molecule has 1 N–H and O–H groups in total. The first-order valence-electron chi connectivity index (χ1n) is 5.79. The monoisotopic (exact) mass is 272 g/mol. The van der Waals surface area contributed by atoms with Crippen molar-refractivity contribution >= 4 is 18.4 Å². The summed E-state index contributed by atoms with van der Waals surface area (Å²) in [7, 11) is 0. The average Bonchev–Trinajstić information content (AvgIpc) is 2.32. The lowest BCUT2D eigenvalue weighted by molar-refractivity contribution is -0.136. The van der Waals surface area contributed by atoms with E-state index >= 15 is 0 Å². The highest BCUT2D eigenvalue weighted by Crippen LogP contribution is 2.18. The second kappa shape index (κ2) is 7.24. The molecule has 0 radical (unpaired) electrons. The molecule has 1 heterocycles. The van der Waals surface area contributed by atoms with E-state index in [0.717, 1.165) is 37.4 Å². The summed E-state index contributed by atoms with van der Waals surface area (Å²) in [5.41, 5.74) is 0.789. The van der Waals surface area contributed by atoms with Gasteiger partial charge in [0.25, 0.3) is 0 Å². The summed E-state index contributed by atoms with van der Waals surface area (Å²) >= 11 is 0. The van der Waals surface area contributed by atoms with E-state index in [1.807, 2.05) is 12.1 Å². The molecule has 100 valence electrons. The zero-order valence-electron chi connectivity index (χ0n) is 10.0. The number of hydrogen-bond donors (Lipinski definition) is 1. The predicted molar refractivity (Wildman–Crippen MR) is 69.5 cm³/mol. The second-order valence-electron chi connectivity index (χ2n) is 4.14. The number of benzene rings is 1. The summed E-state index contributed by atoms with van der Waals surface area (Å²) in [6, 6.07) is 7.24. The molecule has 2 rings (SSSR count). The van der Waals surface area contributed by atoms with Crippen LogP contribution in [0.1, 0.15) is 18.4 Å². The first-order valence-corrected chi connectivity index (χ1v) is 5.79. The van der Waals surface area contributed by atoms with E-state index in [9.17, 15) is 4.79 Å². The fraction of sp³-hybridized carbons (Fsp3) is 0.462. The maximum atomic E-state index is 10.5. The van der Waals surface area contributed by atoms with Gasteiger partial charge in [0.2, 0.25) is 0 Å². The lowest BCUT2D eigenvalue weighted by Crippen LogP contribution is -2.25. The van der Waals surface area contributed by atoms with E-state index in [4.69, 9.17) is 14.6 Å². The molecule has 0 spiro atoms. The second-order valence-corrected chi connectivity index (χ2v) is 4.14. The van der Waals surface area contributed by atoms with Crippen LogP contribution < -0.4 is 4.74 Å². The van der Waals surface area contributed by atoms with Crippen LogP contribution in [0.25, 0.3) is 0 Å². The maximum Gasteiger partial charge on any atom is 0.307 e. The molecule has 0 aromatic heterocycles. The molecule has 1 saturated heterocycles. The van der Waals surface area contributed by atoms with Crippen molar-refractivity contribution < 1.29 is 19.4 Å². The first-order chi connectivity index (χ1) is 8.24. The van der Waals surface area contributed by atoms with Gasteiger partial charge >= 0.3 is 5.97 Å². The summed E-state index contributed by atoms with van der Waals surface area (Å²) in [4.78, 5) is 10.5. The van der Waals surface area contributed by atoms with E-state index in [2.05, 4.69) is 0 Å². The number of halogens is 1. The zero-order valence-corrected chi connectivity index (χ0v) is 10.8. The van der Waals surface area contributed by atoms with Gasteiger partial charge in [0, 0.05) is 12.8 Å². The summed E-state index contributed by atoms with van der Waals surface area (Å²) in [6.07, 6.45) is 2.10. The molecule has 0 saturated carbocycles. The van der Waals surface area contributed by atoms with Crippen LogP contribution >= 0.6 is 12.4 Å². The Kier molecular flexibility index (Phi) is 5.95. The maximum absolute atomic E-state index is 10.5. The minimum atomic E-state index is -0.817. The van der Waals surface area contributed by atoms with Crippen molar-refractivity contribution in [3.8, 4) is 5.75 Å². The molecule has 0 amide bonds. The zero-order chi connectivity index (χ0) is 12.1. The number of carboxylic acids is 1. The van der Waals surface area contributed by atoms with Crippen LogP contribution in [0.15, 0.2) is 24.3 Å². The highest BCUT2D eigenvalue weighted by atomic mass is 35.5. The minimum Gasteiger partial charge on any atom is -0.490 e. The fourth-order valence-corrected chi connectivity index (χ4v) is 1.85. The van der Waals surface area contributed by atoms with Gasteiger partial charge in [-0.3, -0.25) is 4.79 Å². The number of rotatable bonds is 4. The van der Waals surface area contributed by atoms with Crippen LogP contribution in [0.3, 0.4) is 0 Å². The van der Waals surface area contributed by atoms with Gasteiger partial charge in [0.05, 0.1) is 19.6 Å². The van der Waals surface area contributed by atoms with Crippen LogP contribution in [0.2, 0.25) is 0 Å². The largest absolute Gasteiger partial charge is 0.490 e. The topological polar surface area (TPSA) is 55.8 Å².